The minimum absolute atomic E-state index is 0.0277. The van der Waals surface area contributed by atoms with Gasteiger partial charge in [0.1, 0.15) is 5.75 Å². The fourth-order valence-electron chi connectivity index (χ4n) is 1.95. The number of halogens is 1. The molecule has 0 spiro atoms. The van der Waals surface area contributed by atoms with Crippen molar-refractivity contribution < 1.29 is 9.66 Å². The molecule has 2 aromatic rings. The number of ether oxygens (including phenoxy) is 1. The predicted molar refractivity (Wildman–Crippen MR) is 81.8 cm³/mol. The quantitative estimate of drug-likeness (QED) is 0.654. The minimum atomic E-state index is -0.524. The molecule has 0 bridgehead atoms. The molecule has 0 aliphatic rings. The highest BCUT2D eigenvalue weighted by Crippen LogP contribution is 2.39. The van der Waals surface area contributed by atoms with Gasteiger partial charge in [-0.05, 0) is 18.6 Å². The van der Waals surface area contributed by atoms with Gasteiger partial charge in [-0.3, -0.25) is 10.1 Å². The number of nitrogens with two attached hydrogens (primary N) is 1. The highest BCUT2D eigenvalue weighted by molar-refractivity contribution is 6.32. The van der Waals surface area contributed by atoms with Crippen molar-refractivity contribution in [3.05, 3.63) is 63.2 Å². The Morgan fingerprint density at radius 2 is 2.00 bits per heavy atom. The van der Waals surface area contributed by atoms with Gasteiger partial charge >= 0.3 is 5.69 Å². The third kappa shape index (κ3) is 3.32. The van der Waals surface area contributed by atoms with E-state index in [9.17, 15) is 10.1 Å². The SMILES string of the molecule is CCC(N)c1ccccc1Oc1c(Cl)cccc1[N+](=O)[O-]. The van der Waals surface area contributed by atoms with E-state index < -0.39 is 4.92 Å². The van der Waals surface area contributed by atoms with Crippen LogP contribution in [0.4, 0.5) is 5.69 Å². The van der Waals surface area contributed by atoms with Crippen molar-refractivity contribution in [2.75, 3.05) is 0 Å². The first-order valence-electron chi connectivity index (χ1n) is 6.49. The molecule has 2 aromatic carbocycles. The highest BCUT2D eigenvalue weighted by Gasteiger charge is 2.20. The fraction of sp³-hybridized carbons (Fsp3) is 0.200. The van der Waals surface area contributed by atoms with Crippen LogP contribution in [0.3, 0.4) is 0 Å². The summed E-state index contributed by atoms with van der Waals surface area (Å²) in [7, 11) is 0. The maximum atomic E-state index is 11.1. The largest absolute Gasteiger partial charge is 0.448 e. The van der Waals surface area contributed by atoms with Crippen LogP contribution >= 0.6 is 11.6 Å². The summed E-state index contributed by atoms with van der Waals surface area (Å²) in [6.45, 7) is 1.96. The predicted octanol–water partition coefficient (Wildman–Crippen LogP) is 4.45. The fourth-order valence-corrected chi connectivity index (χ4v) is 2.16. The van der Waals surface area contributed by atoms with Gasteiger partial charge in [-0.15, -0.1) is 0 Å². The highest BCUT2D eigenvalue weighted by atomic mass is 35.5. The zero-order chi connectivity index (χ0) is 15.4. The van der Waals surface area contributed by atoms with Crippen molar-refractivity contribution in [3.63, 3.8) is 0 Å². The monoisotopic (exact) mass is 306 g/mol. The number of hydrogen-bond donors (Lipinski definition) is 1. The number of nitro benzene ring substituents is 1. The lowest BCUT2D eigenvalue weighted by Gasteiger charge is -2.15. The summed E-state index contributed by atoms with van der Waals surface area (Å²) in [6.07, 6.45) is 0.727. The minimum Gasteiger partial charge on any atom is -0.448 e. The number of nitrogens with zero attached hydrogens (tertiary/aromatic N) is 1. The van der Waals surface area contributed by atoms with Crippen LogP contribution in [0.25, 0.3) is 0 Å². The summed E-state index contributed by atoms with van der Waals surface area (Å²) in [5, 5.41) is 11.3. The van der Waals surface area contributed by atoms with Crippen LogP contribution in [0.5, 0.6) is 11.5 Å². The van der Waals surface area contributed by atoms with Crippen LogP contribution < -0.4 is 10.5 Å². The van der Waals surface area contributed by atoms with E-state index in [1.165, 1.54) is 12.1 Å². The number of benzene rings is 2. The summed E-state index contributed by atoms with van der Waals surface area (Å²) < 4.78 is 5.70. The van der Waals surface area contributed by atoms with Gasteiger partial charge < -0.3 is 10.5 Å². The van der Waals surface area contributed by atoms with Gasteiger partial charge in [0, 0.05) is 17.7 Å². The van der Waals surface area contributed by atoms with Crippen LogP contribution in [0.15, 0.2) is 42.5 Å². The van der Waals surface area contributed by atoms with Gasteiger partial charge in [0.2, 0.25) is 5.75 Å². The smallest absolute Gasteiger partial charge is 0.313 e. The standard InChI is InChI=1S/C15H15ClN2O3/c1-2-12(17)10-6-3-4-9-14(10)21-15-11(16)7-5-8-13(15)18(19)20/h3-9,12H,2,17H2,1H3. The van der Waals surface area contributed by atoms with Gasteiger partial charge in [0.05, 0.1) is 9.95 Å². The molecule has 0 heterocycles. The van der Waals surface area contributed by atoms with Crippen molar-refractivity contribution in [2.45, 2.75) is 19.4 Å². The maximum Gasteiger partial charge on any atom is 0.313 e. The van der Waals surface area contributed by atoms with E-state index in [4.69, 9.17) is 22.1 Å². The van der Waals surface area contributed by atoms with Gasteiger partial charge in [0.25, 0.3) is 0 Å². The molecule has 0 saturated carbocycles. The van der Waals surface area contributed by atoms with E-state index in [1.54, 1.807) is 18.2 Å². The molecular formula is C15H15ClN2O3. The number of hydrogen-bond acceptors (Lipinski definition) is 4. The Kier molecular flexibility index (Phi) is 4.77. The van der Waals surface area contributed by atoms with E-state index in [0.717, 1.165) is 12.0 Å². The molecule has 0 aliphatic carbocycles. The molecule has 1 unspecified atom stereocenters. The zero-order valence-electron chi connectivity index (χ0n) is 11.5. The van der Waals surface area contributed by atoms with Crippen LogP contribution in [0, 0.1) is 10.1 Å². The molecule has 6 heteroatoms. The third-order valence-corrected chi connectivity index (χ3v) is 3.41. The topological polar surface area (TPSA) is 78.4 Å². The Morgan fingerprint density at radius 3 is 2.67 bits per heavy atom. The molecule has 5 nitrogen and oxygen atoms in total. The second kappa shape index (κ2) is 6.56. The maximum absolute atomic E-state index is 11.1. The van der Waals surface area contributed by atoms with E-state index in [2.05, 4.69) is 0 Å². The number of nitro groups is 1. The molecule has 21 heavy (non-hydrogen) atoms. The van der Waals surface area contributed by atoms with E-state index in [-0.39, 0.29) is 22.5 Å². The van der Waals surface area contributed by atoms with Crippen molar-refractivity contribution in [1.82, 2.24) is 0 Å². The van der Waals surface area contributed by atoms with Crippen LogP contribution in [-0.4, -0.2) is 4.92 Å². The van der Waals surface area contributed by atoms with E-state index >= 15 is 0 Å². The summed E-state index contributed by atoms with van der Waals surface area (Å²) in [6, 6.07) is 11.4. The first kappa shape index (κ1) is 15.3. The first-order valence-corrected chi connectivity index (χ1v) is 6.87. The molecule has 0 radical (unpaired) electrons. The second-order valence-electron chi connectivity index (χ2n) is 4.50. The average molecular weight is 307 g/mol. The molecule has 2 rings (SSSR count). The molecule has 2 N–H and O–H groups in total. The Morgan fingerprint density at radius 1 is 1.29 bits per heavy atom. The molecule has 0 aliphatic heterocycles. The van der Waals surface area contributed by atoms with E-state index in [0.29, 0.717) is 5.75 Å². The Bertz CT molecular complexity index is 661. The average Bonchev–Trinajstić information content (AvgIpc) is 2.48. The molecule has 0 amide bonds. The molecule has 1 atom stereocenters. The lowest BCUT2D eigenvalue weighted by molar-refractivity contribution is -0.385. The Labute approximate surface area is 127 Å². The van der Waals surface area contributed by atoms with Crippen molar-refractivity contribution >= 4 is 17.3 Å². The number of para-hydroxylation sites is 2. The summed E-state index contributed by atoms with van der Waals surface area (Å²) in [4.78, 5) is 10.6. The Hall–Kier alpha value is -2.11. The van der Waals surface area contributed by atoms with Gasteiger partial charge in [-0.2, -0.15) is 0 Å². The molecule has 0 aromatic heterocycles. The van der Waals surface area contributed by atoms with E-state index in [1.807, 2.05) is 19.1 Å². The normalized spacial score (nSPS) is 12.0. The summed E-state index contributed by atoms with van der Waals surface area (Å²) in [5.74, 6) is 0.503. The Balaban J connectivity index is 2.46. The zero-order valence-corrected chi connectivity index (χ0v) is 12.2. The van der Waals surface area contributed by atoms with Gasteiger partial charge in [-0.1, -0.05) is 42.8 Å². The van der Waals surface area contributed by atoms with Crippen molar-refractivity contribution in [2.24, 2.45) is 5.73 Å². The van der Waals surface area contributed by atoms with Crippen LogP contribution in [0.1, 0.15) is 24.9 Å². The molecule has 110 valence electrons. The third-order valence-electron chi connectivity index (χ3n) is 3.11. The van der Waals surface area contributed by atoms with Crippen molar-refractivity contribution in [3.8, 4) is 11.5 Å². The lowest BCUT2D eigenvalue weighted by atomic mass is 10.0. The first-order chi connectivity index (χ1) is 10.0. The molecular weight excluding hydrogens is 292 g/mol. The van der Waals surface area contributed by atoms with Crippen molar-refractivity contribution in [1.29, 1.82) is 0 Å². The van der Waals surface area contributed by atoms with Crippen LogP contribution in [0.2, 0.25) is 5.02 Å². The van der Waals surface area contributed by atoms with Crippen LogP contribution in [-0.2, 0) is 0 Å². The number of rotatable bonds is 5. The second-order valence-corrected chi connectivity index (χ2v) is 4.91. The van der Waals surface area contributed by atoms with Gasteiger partial charge in [-0.25, -0.2) is 0 Å². The summed E-state index contributed by atoms with van der Waals surface area (Å²) >= 11 is 6.03. The lowest BCUT2D eigenvalue weighted by Crippen LogP contribution is -2.10. The molecule has 0 fully saturated rings. The summed E-state index contributed by atoms with van der Waals surface area (Å²) in [5.41, 5.74) is 6.65. The molecule has 0 saturated heterocycles. The van der Waals surface area contributed by atoms with Gasteiger partial charge in [0.15, 0.2) is 0 Å².